The van der Waals surface area contributed by atoms with Gasteiger partial charge in [-0.05, 0) is 50.3 Å². The molecular formula is C15H20ClNO2. The maximum atomic E-state index is 6.46. The van der Waals surface area contributed by atoms with E-state index in [0.717, 1.165) is 48.4 Å². The highest BCUT2D eigenvalue weighted by Crippen LogP contribution is 2.42. The molecule has 1 fully saturated rings. The number of halogens is 1. The molecule has 0 spiro atoms. The van der Waals surface area contributed by atoms with Crippen LogP contribution in [0.2, 0.25) is 5.02 Å². The Labute approximate surface area is 119 Å². The third kappa shape index (κ3) is 2.54. The monoisotopic (exact) mass is 281 g/mol. The zero-order valence-corrected chi connectivity index (χ0v) is 12.1. The lowest BCUT2D eigenvalue weighted by Crippen LogP contribution is -2.28. The van der Waals surface area contributed by atoms with Crippen molar-refractivity contribution in [3.63, 3.8) is 0 Å². The first-order valence-electron chi connectivity index (χ1n) is 7.10. The van der Waals surface area contributed by atoms with E-state index in [9.17, 15) is 0 Å². The van der Waals surface area contributed by atoms with Gasteiger partial charge in [-0.3, -0.25) is 0 Å². The number of hydrogen-bond donors (Lipinski definition) is 1. The number of benzene rings is 1. The molecule has 104 valence electrons. The Morgan fingerprint density at radius 2 is 2.05 bits per heavy atom. The van der Waals surface area contributed by atoms with Gasteiger partial charge in [0.2, 0.25) is 6.79 Å². The molecule has 1 saturated heterocycles. The smallest absolute Gasteiger partial charge is 0.231 e. The topological polar surface area (TPSA) is 30.5 Å². The molecule has 3 nitrogen and oxygen atoms in total. The summed E-state index contributed by atoms with van der Waals surface area (Å²) in [6.45, 7) is 4.71. The molecule has 4 heteroatoms. The van der Waals surface area contributed by atoms with Crippen LogP contribution < -0.4 is 14.8 Å². The van der Waals surface area contributed by atoms with Crippen molar-refractivity contribution in [3.05, 3.63) is 22.2 Å². The van der Waals surface area contributed by atoms with E-state index in [0.29, 0.717) is 6.79 Å². The minimum Gasteiger partial charge on any atom is -0.454 e. The minimum atomic E-state index is 0.315. The van der Waals surface area contributed by atoms with E-state index in [1.54, 1.807) is 0 Å². The Morgan fingerprint density at radius 1 is 1.26 bits per heavy atom. The maximum Gasteiger partial charge on any atom is 0.231 e. The average molecular weight is 282 g/mol. The number of ether oxygens (including phenoxy) is 2. The van der Waals surface area contributed by atoms with E-state index >= 15 is 0 Å². The highest BCUT2D eigenvalue weighted by Gasteiger charge is 2.24. The Morgan fingerprint density at radius 3 is 2.79 bits per heavy atom. The van der Waals surface area contributed by atoms with E-state index in [2.05, 4.69) is 12.2 Å². The predicted molar refractivity (Wildman–Crippen MR) is 76.3 cm³/mol. The fraction of sp³-hybridized carbons (Fsp3) is 0.600. The van der Waals surface area contributed by atoms with Crippen LogP contribution in [-0.4, -0.2) is 19.9 Å². The Bertz CT molecular complexity index is 470. The third-order valence-electron chi connectivity index (χ3n) is 4.13. The first-order valence-corrected chi connectivity index (χ1v) is 7.48. The third-order valence-corrected chi connectivity index (χ3v) is 4.47. The standard InChI is InChI=1S/C15H20ClNO2/c1-2-11-12(7-10-3-5-17-6-4-10)13(16)8-14-15(11)19-9-18-14/h8,10,17H,2-7,9H2,1H3. The van der Waals surface area contributed by atoms with Crippen LogP contribution >= 0.6 is 11.6 Å². The van der Waals surface area contributed by atoms with Crippen molar-refractivity contribution in [1.29, 1.82) is 0 Å². The van der Waals surface area contributed by atoms with Gasteiger partial charge < -0.3 is 14.8 Å². The zero-order valence-electron chi connectivity index (χ0n) is 11.3. The lowest BCUT2D eigenvalue weighted by molar-refractivity contribution is 0.173. The van der Waals surface area contributed by atoms with Gasteiger partial charge >= 0.3 is 0 Å². The molecule has 0 aromatic heterocycles. The average Bonchev–Trinajstić information content (AvgIpc) is 2.88. The van der Waals surface area contributed by atoms with E-state index in [4.69, 9.17) is 21.1 Å². The summed E-state index contributed by atoms with van der Waals surface area (Å²) >= 11 is 6.46. The van der Waals surface area contributed by atoms with Gasteiger partial charge in [-0.15, -0.1) is 0 Å². The molecule has 0 saturated carbocycles. The Kier molecular flexibility index (Phi) is 3.85. The molecule has 2 aliphatic rings. The number of fused-ring (bicyclic) bond motifs is 1. The van der Waals surface area contributed by atoms with Gasteiger partial charge in [0.05, 0.1) is 0 Å². The van der Waals surface area contributed by atoms with Crippen molar-refractivity contribution < 1.29 is 9.47 Å². The van der Waals surface area contributed by atoms with Crippen LogP contribution in [0.1, 0.15) is 30.9 Å². The molecule has 3 rings (SSSR count). The van der Waals surface area contributed by atoms with Crippen molar-refractivity contribution >= 4 is 11.6 Å². The number of hydrogen-bond acceptors (Lipinski definition) is 3. The molecule has 0 unspecified atom stereocenters. The molecule has 0 atom stereocenters. The van der Waals surface area contributed by atoms with Crippen molar-refractivity contribution in [2.45, 2.75) is 32.6 Å². The number of nitrogens with one attached hydrogen (secondary N) is 1. The van der Waals surface area contributed by atoms with E-state index in [-0.39, 0.29) is 0 Å². The van der Waals surface area contributed by atoms with Crippen LogP contribution in [0.3, 0.4) is 0 Å². The van der Waals surface area contributed by atoms with Gasteiger partial charge in [-0.2, -0.15) is 0 Å². The summed E-state index contributed by atoms with van der Waals surface area (Å²) in [7, 11) is 0. The minimum absolute atomic E-state index is 0.315. The summed E-state index contributed by atoms with van der Waals surface area (Å²) in [6, 6.07) is 1.92. The van der Waals surface area contributed by atoms with Gasteiger partial charge in [-0.1, -0.05) is 18.5 Å². The SMILES string of the molecule is CCc1c(CC2CCNCC2)c(Cl)cc2c1OCO2. The fourth-order valence-corrected chi connectivity index (χ4v) is 3.37. The number of rotatable bonds is 3. The predicted octanol–water partition coefficient (Wildman–Crippen LogP) is 3.17. The molecule has 1 N–H and O–H groups in total. The summed E-state index contributed by atoms with van der Waals surface area (Å²) in [5.74, 6) is 2.44. The molecule has 1 aromatic rings. The molecule has 0 radical (unpaired) electrons. The second-order valence-electron chi connectivity index (χ2n) is 5.30. The van der Waals surface area contributed by atoms with E-state index < -0.39 is 0 Å². The zero-order chi connectivity index (χ0) is 13.2. The second kappa shape index (κ2) is 5.59. The van der Waals surface area contributed by atoms with Gasteiger partial charge in [-0.25, -0.2) is 0 Å². The van der Waals surface area contributed by atoms with Gasteiger partial charge in [0.1, 0.15) is 0 Å². The lowest BCUT2D eigenvalue weighted by Gasteiger charge is -2.24. The molecular weight excluding hydrogens is 262 g/mol. The molecule has 2 heterocycles. The molecule has 19 heavy (non-hydrogen) atoms. The molecule has 1 aromatic carbocycles. The fourth-order valence-electron chi connectivity index (χ4n) is 3.08. The van der Waals surface area contributed by atoms with Crippen molar-refractivity contribution in [2.75, 3.05) is 19.9 Å². The van der Waals surface area contributed by atoms with Crippen molar-refractivity contribution in [2.24, 2.45) is 5.92 Å². The Hall–Kier alpha value is -0.930. The summed E-state index contributed by atoms with van der Waals surface area (Å²) in [5, 5.41) is 4.24. The summed E-state index contributed by atoms with van der Waals surface area (Å²) in [5.41, 5.74) is 2.50. The van der Waals surface area contributed by atoms with Crippen LogP contribution in [0.25, 0.3) is 0 Å². The van der Waals surface area contributed by atoms with Crippen LogP contribution in [0.15, 0.2) is 6.07 Å². The largest absolute Gasteiger partial charge is 0.454 e. The molecule has 0 aliphatic carbocycles. The first-order chi connectivity index (χ1) is 9.29. The first kappa shape index (κ1) is 13.1. The van der Waals surface area contributed by atoms with E-state index in [1.165, 1.54) is 24.0 Å². The summed E-state index contributed by atoms with van der Waals surface area (Å²) in [4.78, 5) is 0. The Balaban J connectivity index is 1.91. The summed E-state index contributed by atoms with van der Waals surface area (Å²) in [6.07, 6.45) is 4.45. The quantitative estimate of drug-likeness (QED) is 0.923. The highest BCUT2D eigenvalue weighted by atomic mass is 35.5. The van der Waals surface area contributed by atoms with Crippen molar-refractivity contribution in [3.8, 4) is 11.5 Å². The van der Waals surface area contributed by atoms with Crippen molar-refractivity contribution in [1.82, 2.24) is 5.32 Å². The normalized spacial score (nSPS) is 18.8. The molecule has 0 bridgehead atoms. The molecule has 0 amide bonds. The van der Waals surface area contributed by atoms with Gasteiger partial charge in [0, 0.05) is 16.7 Å². The second-order valence-corrected chi connectivity index (χ2v) is 5.71. The van der Waals surface area contributed by atoms with Crippen LogP contribution in [0.4, 0.5) is 0 Å². The maximum absolute atomic E-state index is 6.46. The summed E-state index contributed by atoms with van der Waals surface area (Å²) < 4.78 is 11.1. The van der Waals surface area contributed by atoms with Crippen LogP contribution in [0, 0.1) is 5.92 Å². The van der Waals surface area contributed by atoms with Gasteiger partial charge in [0.25, 0.3) is 0 Å². The van der Waals surface area contributed by atoms with Gasteiger partial charge in [0.15, 0.2) is 11.5 Å². The van der Waals surface area contributed by atoms with E-state index in [1.807, 2.05) is 6.07 Å². The number of piperidine rings is 1. The highest BCUT2D eigenvalue weighted by molar-refractivity contribution is 6.31. The van der Waals surface area contributed by atoms with Crippen LogP contribution in [-0.2, 0) is 12.8 Å². The van der Waals surface area contributed by atoms with Crippen LogP contribution in [0.5, 0.6) is 11.5 Å². The molecule has 2 aliphatic heterocycles. The lowest BCUT2D eigenvalue weighted by atomic mass is 9.88.